The normalized spacial score (nSPS) is 14.7. The monoisotopic (exact) mass is 450 g/mol. The summed E-state index contributed by atoms with van der Waals surface area (Å²) in [7, 11) is 0. The summed E-state index contributed by atoms with van der Waals surface area (Å²) >= 11 is 6.40. The second-order valence-corrected chi connectivity index (χ2v) is 8.27. The van der Waals surface area contributed by atoms with Crippen molar-refractivity contribution in [2.75, 3.05) is 26.3 Å². The molecule has 164 valence electrons. The zero-order valence-electron chi connectivity index (χ0n) is 17.7. The number of nitrogens with zero attached hydrogens (tertiary/aromatic N) is 3. The van der Waals surface area contributed by atoms with Crippen LogP contribution < -0.4 is 5.43 Å². The largest absolute Gasteiger partial charge is 0.456 e. The number of hydrogen-bond donors (Lipinski definition) is 1. The number of furan rings is 1. The maximum atomic E-state index is 12.6. The van der Waals surface area contributed by atoms with Crippen LogP contribution in [0.2, 0.25) is 5.02 Å². The molecular weight excluding hydrogens is 428 g/mol. The van der Waals surface area contributed by atoms with Gasteiger partial charge < -0.3 is 9.15 Å². The molecule has 0 atom stereocenters. The predicted molar refractivity (Wildman–Crippen MR) is 123 cm³/mol. The highest BCUT2D eigenvalue weighted by atomic mass is 35.5. The number of rotatable bonds is 5. The number of benzene rings is 2. The Morgan fingerprint density at radius 3 is 2.69 bits per heavy atom. The van der Waals surface area contributed by atoms with Crippen LogP contribution in [0.3, 0.4) is 0 Å². The van der Waals surface area contributed by atoms with Crippen LogP contribution in [0.1, 0.15) is 21.7 Å². The zero-order chi connectivity index (χ0) is 22.1. The van der Waals surface area contributed by atoms with Crippen molar-refractivity contribution in [1.29, 1.82) is 0 Å². The maximum absolute atomic E-state index is 12.6. The first-order valence-electron chi connectivity index (χ1n) is 10.5. The van der Waals surface area contributed by atoms with Crippen LogP contribution >= 0.6 is 11.6 Å². The minimum absolute atomic E-state index is 0.227. The summed E-state index contributed by atoms with van der Waals surface area (Å²) in [5, 5.41) is 7.95. The number of aryl methyl sites for hydroxylation is 1. The summed E-state index contributed by atoms with van der Waals surface area (Å²) in [6.07, 6.45) is 0. The SMILES string of the molecule is Cc1cc(C(=O)NN2CCOCC2)nn1Cc1cc(Cl)cc2cc(-c3ccccc3)oc12. The molecule has 1 fully saturated rings. The number of hydrazine groups is 1. The van der Waals surface area contributed by atoms with E-state index in [1.165, 1.54) is 0 Å². The van der Waals surface area contributed by atoms with Crippen LogP contribution in [0.5, 0.6) is 0 Å². The van der Waals surface area contributed by atoms with E-state index in [2.05, 4.69) is 10.5 Å². The van der Waals surface area contributed by atoms with Gasteiger partial charge in [0.2, 0.25) is 0 Å². The number of ether oxygens (including phenoxy) is 1. The highest BCUT2D eigenvalue weighted by Crippen LogP contribution is 2.32. The van der Waals surface area contributed by atoms with E-state index in [4.69, 9.17) is 20.8 Å². The molecule has 1 aliphatic heterocycles. The third-order valence-corrected chi connectivity index (χ3v) is 5.74. The van der Waals surface area contributed by atoms with Crippen molar-refractivity contribution in [3.05, 3.63) is 76.6 Å². The number of amides is 1. The molecule has 32 heavy (non-hydrogen) atoms. The summed E-state index contributed by atoms with van der Waals surface area (Å²) in [5.41, 5.74) is 6.82. The van der Waals surface area contributed by atoms with Gasteiger partial charge in [-0.05, 0) is 31.2 Å². The molecular formula is C24H23ClN4O3. The Morgan fingerprint density at radius 1 is 1.12 bits per heavy atom. The van der Waals surface area contributed by atoms with Gasteiger partial charge in [0.1, 0.15) is 11.3 Å². The Kier molecular flexibility index (Phi) is 5.70. The summed E-state index contributed by atoms with van der Waals surface area (Å²) < 4.78 is 13.3. The van der Waals surface area contributed by atoms with Crippen molar-refractivity contribution in [2.24, 2.45) is 0 Å². The van der Waals surface area contributed by atoms with Crippen LogP contribution in [-0.4, -0.2) is 47.0 Å². The Labute approximate surface area is 190 Å². The molecule has 0 unspecified atom stereocenters. The van der Waals surface area contributed by atoms with Crippen molar-refractivity contribution in [1.82, 2.24) is 20.2 Å². The van der Waals surface area contributed by atoms with Gasteiger partial charge in [-0.15, -0.1) is 0 Å². The van der Waals surface area contributed by atoms with E-state index in [1.807, 2.05) is 60.5 Å². The standard InChI is InChI=1S/C24H23ClN4O3/c1-16-11-21(24(30)27-28-7-9-31-10-8-28)26-29(16)15-19-13-20(25)12-18-14-22(32-23(18)19)17-5-3-2-4-6-17/h2-6,11-14H,7-10,15H2,1H3,(H,27,30). The lowest BCUT2D eigenvalue weighted by Gasteiger charge is -2.26. The Bertz CT molecular complexity index is 1260. The number of halogens is 1. The average Bonchev–Trinajstić information content (AvgIpc) is 3.39. The lowest BCUT2D eigenvalue weighted by Crippen LogP contribution is -2.48. The number of fused-ring (bicyclic) bond motifs is 1. The molecule has 1 amide bonds. The smallest absolute Gasteiger partial charge is 0.286 e. The lowest BCUT2D eigenvalue weighted by atomic mass is 10.1. The number of aromatic nitrogens is 2. The van der Waals surface area contributed by atoms with Crippen LogP contribution in [0.4, 0.5) is 0 Å². The molecule has 4 aromatic rings. The van der Waals surface area contributed by atoms with E-state index < -0.39 is 0 Å². The first-order chi connectivity index (χ1) is 15.6. The third kappa shape index (κ3) is 4.27. The van der Waals surface area contributed by atoms with Crippen molar-refractivity contribution in [2.45, 2.75) is 13.5 Å². The van der Waals surface area contributed by atoms with Crippen LogP contribution in [0.25, 0.3) is 22.3 Å². The number of hydrogen-bond acceptors (Lipinski definition) is 5. The fraction of sp³-hybridized carbons (Fsp3) is 0.250. The molecule has 0 spiro atoms. The predicted octanol–water partition coefficient (Wildman–Crippen LogP) is 4.28. The van der Waals surface area contributed by atoms with E-state index in [1.54, 1.807) is 10.7 Å². The van der Waals surface area contributed by atoms with Crippen LogP contribution in [0, 0.1) is 6.92 Å². The fourth-order valence-corrected chi connectivity index (χ4v) is 4.12. The molecule has 1 saturated heterocycles. The van der Waals surface area contributed by atoms with E-state index >= 15 is 0 Å². The molecule has 0 aliphatic carbocycles. The molecule has 1 N–H and O–H groups in total. The van der Waals surface area contributed by atoms with Gasteiger partial charge in [0.15, 0.2) is 5.69 Å². The minimum Gasteiger partial charge on any atom is -0.456 e. The van der Waals surface area contributed by atoms with E-state index in [0.717, 1.165) is 33.6 Å². The Morgan fingerprint density at radius 2 is 1.91 bits per heavy atom. The molecule has 2 aromatic carbocycles. The molecule has 0 saturated carbocycles. The second kappa shape index (κ2) is 8.78. The van der Waals surface area contributed by atoms with Gasteiger partial charge in [0, 0.05) is 40.3 Å². The first kappa shape index (κ1) is 20.8. The van der Waals surface area contributed by atoms with Crippen molar-refractivity contribution in [3.8, 4) is 11.3 Å². The molecule has 0 radical (unpaired) electrons. The summed E-state index contributed by atoms with van der Waals surface area (Å²) in [6.45, 7) is 4.90. The molecule has 8 heteroatoms. The second-order valence-electron chi connectivity index (χ2n) is 7.83. The number of carbonyl (C=O) groups is 1. The van der Waals surface area contributed by atoms with Crippen molar-refractivity contribution >= 4 is 28.5 Å². The molecule has 3 heterocycles. The van der Waals surface area contributed by atoms with Crippen molar-refractivity contribution in [3.63, 3.8) is 0 Å². The molecule has 5 rings (SSSR count). The topological polar surface area (TPSA) is 72.5 Å². The fourth-order valence-electron chi connectivity index (χ4n) is 3.87. The average molecular weight is 451 g/mol. The van der Waals surface area contributed by atoms with Gasteiger partial charge >= 0.3 is 0 Å². The van der Waals surface area contributed by atoms with Gasteiger partial charge in [-0.2, -0.15) is 5.10 Å². The van der Waals surface area contributed by atoms with E-state index in [0.29, 0.717) is 43.6 Å². The van der Waals surface area contributed by atoms with Gasteiger partial charge in [0.25, 0.3) is 5.91 Å². The van der Waals surface area contributed by atoms with Gasteiger partial charge in [-0.25, -0.2) is 5.01 Å². The summed E-state index contributed by atoms with van der Waals surface area (Å²) in [6, 6.07) is 17.5. The maximum Gasteiger partial charge on any atom is 0.286 e. The Balaban J connectivity index is 1.42. The quantitative estimate of drug-likeness (QED) is 0.491. The first-order valence-corrected chi connectivity index (χ1v) is 10.9. The van der Waals surface area contributed by atoms with E-state index in [9.17, 15) is 4.79 Å². The van der Waals surface area contributed by atoms with E-state index in [-0.39, 0.29) is 5.91 Å². The zero-order valence-corrected chi connectivity index (χ0v) is 18.4. The van der Waals surface area contributed by atoms with Gasteiger partial charge in [0.05, 0.1) is 19.8 Å². The van der Waals surface area contributed by atoms with Crippen LogP contribution in [0.15, 0.2) is 59.0 Å². The number of carbonyl (C=O) groups excluding carboxylic acids is 1. The Hall–Kier alpha value is -3.13. The molecule has 0 bridgehead atoms. The highest BCUT2D eigenvalue weighted by molar-refractivity contribution is 6.31. The summed E-state index contributed by atoms with van der Waals surface area (Å²) in [5.74, 6) is 0.557. The molecule has 7 nitrogen and oxygen atoms in total. The lowest BCUT2D eigenvalue weighted by molar-refractivity contribution is 0.0124. The van der Waals surface area contributed by atoms with Crippen LogP contribution in [-0.2, 0) is 11.3 Å². The summed E-state index contributed by atoms with van der Waals surface area (Å²) in [4.78, 5) is 12.6. The minimum atomic E-state index is -0.227. The number of nitrogens with one attached hydrogen (secondary N) is 1. The molecule has 2 aromatic heterocycles. The molecule has 1 aliphatic rings. The number of morpholine rings is 1. The van der Waals surface area contributed by atoms with Gasteiger partial charge in [-0.1, -0.05) is 41.9 Å². The third-order valence-electron chi connectivity index (χ3n) is 5.52. The highest BCUT2D eigenvalue weighted by Gasteiger charge is 2.19. The van der Waals surface area contributed by atoms with Gasteiger partial charge in [-0.3, -0.25) is 14.9 Å². The van der Waals surface area contributed by atoms with Crippen molar-refractivity contribution < 1.29 is 13.9 Å².